The minimum absolute atomic E-state index is 0. The van der Waals surface area contributed by atoms with Crippen LogP contribution in [-0.2, 0) is 11.2 Å². The Morgan fingerprint density at radius 3 is 2.50 bits per heavy atom. The van der Waals surface area contributed by atoms with Gasteiger partial charge in [0.05, 0.1) is 0 Å². The first-order valence-corrected chi connectivity index (χ1v) is 5.03. The van der Waals surface area contributed by atoms with Gasteiger partial charge in [-0.15, -0.1) is 12.6 Å². The van der Waals surface area contributed by atoms with Gasteiger partial charge in [-0.25, -0.2) is 0 Å². The van der Waals surface area contributed by atoms with Gasteiger partial charge in [0.15, 0.2) is 4.90 Å². The molecule has 0 saturated heterocycles. The molecule has 1 atom stereocenters. The number of rotatable bonds is 1. The molecule has 1 aromatic rings. The second-order valence-electron chi connectivity index (χ2n) is 2.17. The van der Waals surface area contributed by atoms with Crippen molar-refractivity contribution in [2.45, 2.75) is 9.79 Å². The van der Waals surface area contributed by atoms with Crippen molar-refractivity contribution in [1.29, 1.82) is 0 Å². The van der Waals surface area contributed by atoms with Crippen LogP contribution >= 0.6 is 12.6 Å². The van der Waals surface area contributed by atoms with Crippen molar-refractivity contribution in [3.63, 3.8) is 0 Å². The molecule has 1 unspecified atom stereocenters. The molecular formula is C7H10NNaOS2. The molecule has 2 N–H and O–H groups in total. The fourth-order valence-electron chi connectivity index (χ4n) is 0.711. The average Bonchev–Trinajstić information content (AvgIpc) is 1.94. The quantitative estimate of drug-likeness (QED) is 0.310. The zero-order valence-corrected chi connectivity index (χ0v) is 7.78. The Morgan fingerprint density at radius 1 is 1.50 bits per heavy atom. The van der Waals surface area contributed by atoms with Crippen molar-refractivity contribution in [2.24, 2.45) is 0 Å². The summed E-state index contributed by atoms with van der Waals surface area (Å²) in [6.07, 6.45) is 1.62. The summed E-state index contributed by atoms with van der Waals surface area (Å²) in [5.41, 5.74) is 6.12. The van der Waals surface area contributed by atoms with Gasteiger partial charge in [0, 0.05) is 16.6 Å². The van der Waals surface area contributed by atoms with Crippen LogP contribution < -0.4 is 5.73 Å². The Hall–Kier alpha value is 0.680. The van der Waals surface area contributed by atoms with E-state index >= 15 is 0 Å². The molecule has 0 aromatic heterocycles. The number of anilines is 1. The summed E-state index contributed by atoms with van der Waals surface area (Å²) in [7, 11) is 0. The second-order valence-corrected chi connectivity index (χ2v) is 4.04. The first kappa shape index (κ1) is 12.7. The molecule has 0 aliphatic heterocycles. The summed E-state index contributed by atoms with van der Waals surface area (Å²) in [4.78, 5) is 1.46. The molecule has 5 heteroatoms. The van der Waals surface area contributed by atoms with Crippen molar-refractivity contribution < 1.29 is 4.55 Å². The topological polar surface area (TPSA) is 49.1 Å². The van der Waals surface area contributed by atoms with Gasteiger partial charge in [0.25, 0.3) is 0 Å². The van der Waals surface area contributed by atoms with E-state index in [9.17, 15) is 4.55 Å². The third-order valence-corrected chi connectivity index (χ3v) is 2.66. The summed E-state index contributed by atoms with van der Waals surface area (Å²) >= 11 is 3.13. The third kappa shape index (κ3) is 3.20. The predicted octanol–water partition coefficient (Wildman–Crippen LogP) is 0.646. The first-order valence-electron chi connectivity index (χ1n) is 3.03. The number of benzene rings is 1. The Balaban J connectivity index is 0.00000121. The fourth-order valence-corrected chi connectivity index (χ4v) is 1.40. The van der Waals surface area contributed by atoms with Crippen LogP contribution in [0.1, 0.15) is 0 Å². The van der Waals surface area contributed by atoms with E-state index in [2.05, 4.69) is 12.6 Å². The van der Waals surface area contributed by atoms with Crippen LogP contribution in [0.15, 0.2) is 28.0 Å². The zero-order chi connectivity index (χ0) is 8.43. The molecule has 0 radical (unpaired) electrons. The molecule has 0 aliphatic rings. The van der Waals surface area contributed by atoms with Crippen LogP contribution in [0.25, 0.3) is 0 Å². The van der Waals surface area contributed by atoms with Gasteiger partial charge in [-0.2, -0.15) is 0 Å². The predicted molar refractivity (Wildman–Crippen MR) is 57.6 cm³/mol. The maximum atomic E-state index is 10.9. The molecule has 0 spiro atoms. The molecule has 0 heterocycles. The van der Waals surface area contributed by atoms with Gasteiger partial charge in [-0.1, -0.05) is 0 Å². The molecule has 0 fully saturated rings. The molecular weight excluding hydrogens is 201 g/mol. The molecule has 12 heavy (non-hydrogen) atoms. The van der Waals surface area contributed by atoms with Gasteiger partial charge >= 0.3 is 29.6 Å². The van der Waals surface area contributed by atoms with E-state index in [4.69, 9.17) is 5.73 Å². The summed E-state index contributed by atoms with van der Waals surface area (Å²) in [6, 6.07) is 5.18. The van der Waals surface area contributed by atoms with Crippen molar-refractivity contribution in [3.8, 4) is 0 Å². The standard InChI is InChI=1S/C7H9NOS2.Na.H/c1-11(9)5-2-3-7(10)6(8)4-5;;/h2-4,10H,8H2,1H3;;. The van der Waals surface area contributed by atoms with Gasteiger partial charge in [0.1, 0.15) is 6.26 Å². The van der Waals surface area contributed by atoms with E-state index in [0.717, 1.165) is 9.79 Å². The average molecular weight is 211 g/mol. The maximum absolute atomic E-state index is 10.9. The molecule has 0 bridgehead atoms. The minimum atomic E-state index is -0.961. The Kier molecular flexibility index (Phi) is 5.73. The molecule has 1 rings (SSSR count). The SMILES string of the molecule is C[S+]([O-])c1ccc(S)c(N)c1.[NaH]. The van der Waals surface area contributed by atoms with Gasteiger partial charge < -0.3 is 10.3 Å². The summed E-state index contributed by atoms with van der Waals surface area (Å²) in [6.45, 7) is 0. The zero-order valence-electron chi connectivity index (χ0n) is 6.07. The number of thiol groups is 1. The molecule has 0 saturated carbocycles. The van der Waals surface area contributed by atoms with Crippen LogP contribution in [0, 0.1) is 0 Å². The molecule has 0 amide bonds. The first-order chi connectivity index (χ1) is 5.11. The van der Waals surface area contributed by atoms with Crippen molar-refractivity contribution in [3.05, 3.63) is 18.2 Å². The molecule has 0 aliphatic carbocycles. The van der Waals surface area contributed by atoms with E-state index in [-0.39, 0.29) is 29.6 Å². The van der Waals surface area contributed by atoms with Crippen LogP contribution in [0.2, 0.25) is 0 Å². The number of hydrogen-bond donors (Lipinski definition) is 2. The molecule has 62 valence electrons. The van der Waals surface area contributed by atoms with Crippen LogP contribution in [-0.4, -0.2) is 40.4 Å². The van der Waals surface area contributed by atoms with Gasteiger partial charge in [0.2, 0.25) is 0 Å². The number of hydrogen-bond acceptors (Lipinski definition) is 3. The van der Waals surface area contributed by atoms with Crippen LogP contribution in [0.3, 0.4) is 0 Å². The van der Waals surface area contributed by atoms with Crippen molar-refractivity contribution >= 4 is 59.0 Å². The van der Waals surface area contributed by atoms with Crippen LogP contribution in [0.4, 0.5) is 5.69 Å². The van der Waals surface area contributed by atoms with E-state index in [0.29, 0.717) is 5.69 Å². The number of nitrogen functional groups attached to an aromatic ring is 1. The van der Waals surface area contributed by atoms with Crippen LogP contribution in [0.5, 0.6) is 0 Å². The summed E-state index contributed by atoms with van der Waals surface area (Å²) < 4.78 is 10.9. The number of nitrogens with two attached hydrogens (primary N) is 1. The van der Waals surface area contributed by atoms with Gasteiger partial charge in [-0.05, 0) is 23.3 Å². The summed E-state index contributed by atoms with van der Waals surface area (Å²) in [5.74, 6) is 0. The van der Waals surface area contributed by atoms with Gasteiger partial charge in [-0.3, -0.25) is 0 Å². The molecule has 2 nitrogen and oxygen atoms in total. The molecule has 1 aromatic carbocycles. The Labute approximate surface area is 103 Å². The van der Waals surface area contributed by atoms with E-state index in [1.54, 1.807) is 24.5 Å². The van der Waals surface area contributed by atoms with Crippen molar-refractivity contribution in [2.75, 3.05) is 12.0 Å². The van der Waals surface area contributed by atoms with E-state index in [1.165, 1.54) is 0 Å². The Bertz CT molecular complexity index is 268. The summed E-state index contributed by atoms with van der Waals surface area (Å²) in [5, 5.41) is 0. The normalized spacial score (nSPS) is 11.9. The van der Waals surface area contributed by atoms with E-state index < -0.39 is 11.2 Å². The Morgan fingerprint density at radius 2 is 2.08 bits per heavy atom. The van der Waals surface area contributed by atoms with Crippen molar-refractivity contribution in [1.82, 2.24) is 0 Å². The second kappa shape index (κ2) is 5.42. The fraction of sp³-hybridized carbons (Fsp3) is 0.143. The monoisotopic (exact) mass is 211 g/mol. The van der Waals surface area contributed by atoms with E-state index in [1.807, 2.05) is 0 Å². The third-order valence-electron chi connectivity index (χ3n) is 1.33.